The van der Waals surface area contributed by atoms with Gasteiger partial charge in [-0.2, -0.15) is 0 Å². The second-order valence-electron chi connectivity index (χ2n) is 7.10. The Morgan fingerprint density at radius 1 is 1.14 bits per heavy atom. The lowest BCUT2D eigenvalue weighted by Crippen LogP contribution is -2.22. The maximum Gasteiger partial charge on any atom is 0.338 e. The van der Waals surface area contributed by atoms with Crippen LogP contribution in [0.15, 0.2) is 36.4 Å². The maximum atomic E-state index is 12.3. The van der Waals surface area contributed by atoms with E-state index in [0.29, 0.717) is 11.4 Å². The van der Waals surface area contributed by atoms with Crippen LogP contribution in [-0.4, -0.2) is 36.5 Å². The molecule has 0 saturated carbocycles. The molecule has 8 nitrogen and oxygen atoms in total. The second-order valence-corrected chi connectivity index (χ2v) is 7.10. The molecule has 1 N–H and O–H groups in total. The van der Waals surface area contributed by atoms with E-state index < -0.39 is 23.4 Å². The van der Waals surface area contributed by atoms with Gasteiger partial charge in [0.15, 0.2) is 6.61 Å². The highest BCUT2D eigenvalue weighted by Gasteiger charge is 2.24. The molecule has 0 aromatic heterocycles. The van der Waals surface area contributed by atoms with Crippen LogP contribution in [0.3, 0.4) is 0 Å². The predicted molar refractivity (Wildman–Crippen MR) is 109 cm³/mol. The van der Waals surface area contributed by atoms with Gasteiger partial charge in [0.05, 0.1) is 10.5 Å². The summed E-state index contributed by atoms with van der Waals surface area (Å²) in [4.78, 5) is 37.3. The van der Waals surface area contributed by atoms with Crippen LogP contribution in [0.4, 0.5) is 17.1 Å². The highest BCUT2D eigenvalue weighted by molar-refractivity contribution is 5.96. The normalized spacial score (nSPS) is 13.2. The Kier molecular flexibility index (Phi) is 6.11. The first-order valence-electron chi connectivity index (χ1n) is 9.43. The summed E-state index contributed by atoms with van der Waals surface area (Å²) < 4.78 is 5.05. The fourth-order valence-corrected chi connectivity index (χ4v) is 3.29. The first kappa shape index (κ1) is 20.3. The number of benzene rings is 2. The lowest BCUT2D eigenvalue weighted by molar-refractivity contribution is -0.384. The van der Waals surface area contributed by atoms with Crippen molar-refractivity contribution in [3.05, 3.63) is 63.2 Å². The van der Waals surface area contributed by atoms with Crippen LogP contribution in [0, 0.1) is 24.0 Å². The summed E-state index contributed by atoms with van der Waals surface area (Å²) in [5.74, 6) is -1.26. The zero-order valence-corrected chi connectivity index (χ0v) is 16.4. The Hall–Kier alpha value is -3.42. The van der Waals surface area contributed by atoms with Crippen molar-refractivity contribution in [2.45, 2.75) is 26.7 Å². The molecule has 1 heterocycles. The fraction of sp³-hybridized carbons (Fsp3) is 0.333. The number of aryl methyl sites for hydroxylation is 2. The minimum atomic E-state index is -0.780. The van der Waals surface area contributed by atoms with Crippen molar-refractivity contribution in [2.75, 3.05) is 29.9 Å². The summed E-state index contributed by atoms with van der Waals surface area (Å²) in [5.41, 5.74) is 2.94. The molecule has 1 aliphatic rings. The molecule has 1 aliphatic heterocycles. The van der Waals surface area contributed by atoms with Crippen LogP contribution in [0.1, 0.15) is 34.3 Å². The SMILES string of the molecule is Cc1ccc(C)c(NC(=O)COC(=O)c2ccc(N3CCCC3)c([N+](=O)[O-])c2)c1. The molecule has 2 aromatic rings. The van der Waals surface area contributed by atoms with E-state index >= 15 is 0 Å². The summed E-state index contributed by atoms with van der Waals surface area (Å²) in [6, 6.07) is 9.91. The van der Waals surface area contributed by atoms with Gasteiger partial charge in [0.2, 0.25) is 0 Å². The van der Waals surface area contributed by atoms with Crippen LogP contribution in [0.5, 0.6) is 0 Å². The predicted octanol–water partition coefficient (Wildman–Crippen LogP) is 3.61. The average Bonchev–Trinajstić information content (AvgIpc) is 3.23. The third-order valence-electron chi connectivity index (χ3n) is 4.86. The standard InChI is InChI=1S/C21H23N3O5/c1-14-5-6-15(2)17(11-14)22-20(25)13-29-21(26)16-7-8-18(19(12-16)24(27)28)23-9-3-4-10-23/h5-8,11-12H,3-4,9-10,13H2,1-2H3,(H,22,25). The van der Waals surface area contributed by atoms with Crippen LogP contribution in [0.2, 0.25) is 0 Å². The lowest BCUT2D eigenvalue weighted by Gasteiger charge is -2.17. The Morgan fingerprint density at radius 3 is 2.55 bits per heavy atom. The highest BCUT2D eigenvalue weighted by atomic mass is 16.6. The number of hydrogen-bond acceptors (Lipinski definition) is 6. The zero-order chi connectivity index (χ0) is 21.0. The minimum Gasteiger partial charge on any atom is -0.452 e. The minimum absolute atomic E-state index is 0.0409. The number of ether oxygens (including phenoxy) is 1. The van der Waals surface area contributed by atoms with E-state index in [2.05, 4.69) is 5.32 Å². The average molecular weight is 397 g/mol. The second kappa shape index (κ2) is 8.72. The smallest absolute Gasteiger partial charge is 0.338 e. The number of nitro groups is 1. The molecule has 1 amide bonds. The van der Waals surface area contributed by atoms with Gasteiger partial charge >= 0.3 is 5.97 Å². The van der Waals surface area contributed by atoms with Crippen LogP contribution < -0.4 is 10.2 Å². The molecule has 152 valence electrons. The monoisotopic (exact) mass is 397 g/mol. The van der Waals surface area contributed by atoms with Crippen molar-refractivity contribution in [3.63, 3.8) is 0 Å². The largest absolute Gasteiger partial charge is 0.452 e. The van der Waals surface area contributed by atoms with E-state index in [1.807, 2.05) is 36.9 Å². The van der Waals surface area contributed by atoms with Crippen LogP contribution in [0.25, 0.3) is 0 Å². The quantitative estimate of drug-likeness (QED) is 0.454. The zero-order valence-electron chi connectivity index (χ0n) is 16.4. The van der Waals surface area contributed by atoms with E-state index in [-0.39, 0.29) is 11.3 Å². The van der Waals surface area contributed by atoms with Gasteiger partial charge < -0.3 is 15.0 Å². The molecule has 0 radical (unpaired) electrons. The maximum absolute atomic E-state index is 12.3. The highest BCUT2D eigenvalue weighted by Crippen LogP contribution is 2.31. The van der Waals surface area contributed by atoms with Crippen molar-refractivity contribution in [3.8, 4) is 0 Å². The molecule has 0 aliphatic carbocycles. The number of carbonyl (C=O) groups is 2. The summed E-state index contributed by atoms with van der Waals surface area (Å²) in [6.45, 7) is 4.80. The molecule has 1 fully saturated rings. The third kappa shape index (κ3) is 4.90. The number of esters is 1. The lowest BCUT2D eigenvalue weighted by atomic mass is 10.1. The Bertz CT molecular complexity index is 951. The van der Waals surface area contributed by atoms with E-state index in [1.165, 1.54) is 12.1 Å². The number of anilines is 2. The number of nitro benzene ring substituents is 1. The first-order valence-corrected chi connectivity index (χ1v) is 9.43. The number of nitrogens with one attached hydrogen (secondary N) is 1. The molecule has 3 rings (SSSR count). The molecular weight excluding hydrogens is 374 g/mol. The molecule has 0 bridgehead atoms. The molecule has 2 aromatic carbocycles. The van der Waals surface area contributed by atoms with E-state index in [0.717, 1.165) is 37.1 Å². The van der Waals surface area contributed by atoms with Gasteiger partial charge in [-0.3, -0.25) is 14.9 Å². The van der Waals surface area contributed by atoms with Crippen LogP contribution in [-0.2, 0) is 9.53 Å². The number of hydrogen-bond donors (Lipinski definition) is 1. The van der Waals surface area contributed by atoms with Gasteiger partial charge in [-0.15, -0.1) is 0 Å². The summed E-state index contributed by atoms with van der Waals surface area (Å²) in [7, 11) is 0. The van der Waals surface area contributed by atoms with Gasteiger partial charge in [-0.05, 0) is 56.0 Å². The van der Waals surface area contributed by atoms with Crippen LogP contribution >= 0.6 is 0 Å². The van der Waals surface area contributed by atoms with E-state index in [4.69, 9.17) is 4.74 Å². The molecule has 0 spiro atoms. The Morgan fingerprint density at radius 2 is 1.86 bits per heavy atom. The summed E-state index contributed by atoms with van der Waals surface area (Å²) in [5, 5.41) is 14.1. The van der Waals surface area contributed by atoms with Crippen molar-refractivity contribution >= 4 is 28.9 Å². The molecule has 8 heteroatoms. The number of amides is 1. The number of carbonyl (C=O) groups excluding carboxylic acids is 2. The van der Waals surface area contributed by atoms with Gasteiger partial charge in [0.1, 0.15) is 5.69 Å². The summed E-state index contributed by atoms with van der Waals surface area (Å²) >= 11 is 0. The number of rotatable bonds is 6. The third-order valence-corrected chi connectivity index (χ3v) is 4.86. The molecule has 0 unspecified atom stereocenters. The van der Waals surface area contributed by atoms with Gasteiger partial charge in [-0.25, -0.2) is 4.79 Å². The van der Waals surface area contributed by atoms with Gasteiger partial charge in [0.25, 0.3) is 11.6 Å². The molecule has 29 heavy (non-hydrogen) atoms. The molecule has 1 saturated heterocycles. The van der Waals surface area contributed by atoms with Gasteiger partial charge in [0, 0.05) is 24.8 Å². The molecule has 0 atom stereocenters. The Labute approximate surface area is 168 Å². The fourth-order valence-electron chi connectivity index (χ4n) is 3.29. The van der Waals surface area contributed by atoms with Crippen molar-refractivity contribution < 1.29 is 19.2 Å². The molecular formula is C21H23N3O5. The Balaban J connectivity index is 1.65. The topological polar surface area (TPSA) is 102 Å². The van der Waals surface area contributed by atoms with Crippen molar-refractivity contribution in [1.29, 1.82) is 0 Å². The first-order chi connectivity index (χ1) is 13.8. The van der Waals surface area contributed by atoms with E-state index in [1.54, 1.807) is 6.07 Å². The number of nitrogens with zero attached hydrogens (tertiary/aromatic N) is 2. The summed E-state index contributed by atoms with van der Waals surface area (Å²) in [6.07, 6.45) is 1.97. The van der Waals surface area contributed by atoms with Gasteiger partial charge in [-0.1, -0.05) is 12.1 Å². The van der Waals surface area contributed by atoms with Crippen molar-refractivity contribution in [2.24, 2.45) is 0 Å². The van der Waals surface area contributed by atoms with E-state index in [9.17, 15) is 19.7 Å². The van der Waals surface area contributed by atoms with Crippen molar-refractivity contribution in [1.82, 2.24) is 0 Å².